The van der Waals surface area contributed by atoms with Crippen molar-refractivity contribution in [3.63, 3.8) is 0 Å². The van der Waals surface area contributed by atoms with E-state index in [0.29, 0.717) is 53.3 Å². The summed E-state index contributed by atoms with van der Waals surface area (Å²) in [4.78, 5) is 39.2. The molecule has 1 N–H and O–H groups in total. The number of halogens is 1. The van der Waals surface area contributed by atoms with E-state index in [1.54, 1.807) is 36.4 Å². The lowest BCUT2D eigenvalue weighted by Crippen LogP contribution is -2.54. The van der Waals surface area contributed by atoms with Gasteiger partial charge in [0, 0.05) is 0 Å². The molecule has 0 spiro atoms. The first-order chi connectivity index (χ1) is 17.4. The molecule has 1 aliphatic rings. The summed E-state index contributed by atoms with van der Waals surface area (Å²) in [6, 6.07) is 8.87. The van der Waals surface area contributed by atoms with Gasteiger partial charge in [-0.1, -0.05) is 37.8 Å². The number of urea groups is 1. The van der Waals surface area contributed by atoms with Crippen molar-refractivity contribution in [1.82, 2.24) is 5.32 Å². The van der Waals surface area contributed by atoms with Crippen LogP contribution >= 0.6 is 11.6 Å². The lowest BCUT2D eigenvalue weighted by molar-refractivity contribution is -0.122. The molecule has 0 saturated carbocycles. The molecule has 0 aliphatic carbocycles. The third kappa shape index (κ3) is 6.57. The molecule has 0 bridgehead atoms. The normalized spacial score (nSPS) is 14.7. The second-order valence-corrected chi connectivity index (χ2v) is 8.46. The number of imide groups is 2. The van der Waals surface area contributed by atoms with E-state index in [0.717, 1.165) is 30.6 Å². The highest BCUT2D eigenvalue weighted by Gasteiger charge is 2.37. The predicted molar refractivity (Wildman–Crippen MR) is 139 cm³/mol. The Morgan fingerprint density at radius 3 is 2.31 bits per heavy atom. The average molecular weight is 515 g/mol. The monoisotopic (exact) mass is 514 g/mol. The van der Waals surface area contributed by atoms with Gasteiger partial charge in [0.15, 0.2) is 11.5 Å². The van der Waals surface area contributed by atoms with E-state index in [-0.39, 0.29) is 5.57 Å². The summed E-state index contributed by atoms with van der Waals surface area (Å²) in [5.41, 5.74) is 0.552. The van der Waals surface area contributed by atoms with Crippen LogP contribution in [0.1, 0.15) is 52.0 Å². The number of unbranched alkanes of at least 4 members (excludes halogenated alkanes) is 3. The van der Waals surface area contributed by atoms with Crippen LogP contribution in [0.25, 0.3) is 6.08 Å². The van der Waals surface area contributed by atoms with Gasteiger partial charge in [0.2, 0.25) is 0 Å². The van der Waals surface area contributed by atoms with E-state index in [9.17, 15) is 14.4 Å². The summed E-state index contributed by atoms with van der Waals surface area (Å²) < 4.78 is 17.0. The fourth-order valence-electron chi connectivity index (χ4n) is 3.69. The topological polar surface area (TPSA) is 94.2 Å². The Bertz CT molecular complexity index is 1130. The minimum absolute atomic E-state index is 0.213. The number of hydrogen-bond acceptors (Lipinski definition) is 6. The van der Waals surface area contributed by atoms with E-state index >= 15 is 0 Å². The molecule has 2 aromatic rings. The first kappa shape index (κ1) is 27.1. The van der Waals surface area contributed by atoms with Crippen molar-refractivity contribution in [2.24, 2.45) is 0 Å². The number of barbiturate groups is 1. The predicted octanol–water partition coefficient (Wildman–Crippen LogP) is 5.76. The molecule has 0 unspecified atom stereocenters. The molecule has 4 amide bonds. The number of amides is 4. The number of carbonyl (C=O) groups is 3. The molecule has 1 aliphatic heterocycles. The van der Waals surface area contributed by atoms with Gasteiger partial charge in [-0.3, -0.25) is 14.9 Å². The van der Waals surface area contributed by atoms with Gasteiger partial charge in [-0.05, 0) is 68.3 Å². The van der Waals surface area contributed by atoms with Crippen LogP contribution in [-0.2, 0) is 9.59 Å². The average Bonchev–Trinajstić information content (AvgIpc) is 2.84. The summed E-state index contributed by atoms with van der Waals surface area (Å²) >= 11 is 6.49. The molecular formula is C27H31ClN2O6. The minimum atomic E-state index is -0.828. The lowest BCUT2D eigenvalue weighted by Gasteiger charge is -2.26. The highest BCUT2D eigenvalue weighted by molar-refractivity contribution is 6.39. The zero-order chi connectivity index (χ0) is 26.1. The molecule has 0 atom stereocenters. The van der Waals surface area contributed by atoms with Gasteiger partial charge in [-0.15, -0.1) is 0 Å². The largest absolute Gasteiger partial charge is 0.494 e. The molecule has 9 heteroatoms. The Balaban J connectivity index is 1.88. The smallest absolute Gasteiger partial charge is 0.335 e. The molecule has 1 heterocycles. The Morgan fingerprint density at radius 1 is 0.917 bits per heavy atom. The molecule has 2 aromatic carbocycles. The number of benzene rings is 2. The lowest BCUT2D eigenvalue weighted by atomic mass is 10.1. The van der Waals surface area contributed by atoms with Gasteiger partial charge in [0.05, 0.1) is 30.5 Å². The van der Waals surface area contributed by atoms with Crippen LogP contribution in [0.2, 0.25) is 5.02 Å². The van der Waals surface area contributed by atoms with E-state index < -0.39 is 17.8 Å². The van der Waals surface area contributed by atoms with Gasteiger partial charge in [-0.2, -0.15) is 0 Å². The number of carbonyl (C=O) groups excluding carboxylic acids is 3. The number of nitrogens with zero attached hydrogens (tertiary/aromatic N) is 1. The van der Waals surface area contributed by atoms with Crippen molar-refractivity contribution in [3.8, 4) is 17.2 Å². The maximum Gasteiger partial charge on any atom is 0.335 e. The number of nitrogens with one attached hydrogen (secondary N) is 1. The van der Waals surface area contributed by atoms with Crippen molar-refractivity contribution >= 4 is 41.2 Å². The second kappa shape index (κ2) is 13.0. The Morgan fingerprint density at radius 2 is 1.64 bits per heavy atom. The van der Waals surface area contributed by atoms with Crippen molar-refractivity contribution in [2.75, 3.05) is 24.7 Å². The maximum atomic E-state index is 13.2. The highest BCUT2D eigenvalue weighted by atomic mass is 35.5. The van der Waals surface area contributed by atoms with Gasteiger partial charge in [0.1, 0.15) is 11.3 Å². The van der Waals surface area contributed by atoms with Gasteiger partial charge < -0.3 is 14.2 Å². The number of anilines is 1. The van der Waals surface area contributed by atoms with E-state index in [4.69, 9.17) is 25.8 Å². The number of ether oxygens (including phenoxy) is 3. The highest BCUT2D eigenvalue weighted by Crippen LogP contribution is 2.38. The van der Waals surface area contributed by atoms with Crippen LogP contribution in [0.3, 0.4) is 0 Å². The number of rotatable bonds is 12. The third-order valence-electron chi connectivity index (χ3n) is 5.39. The van der Waals surface area contributed by atoms with Crippen LogP contribution in [0.5, 0.6) is 17.2 Å². The fourth-order valence-corrected chi connectivity index (χ4v) is 3.97. The van der Waals surface area contributed by atoms with Crippen LogP contribution in [-0.4, -0.2) is 37.7 Å². The summed E-state index contributed by atoms with van der Waals surface area (Å²) in [5, 5.41) is 2.52. The van der Waals surface area contributed by atoms with Gasteiger partial charge >= 0.3 is 6.03 Å². The molecule has 0 radical (unpaired) electrons. The van der Waals surface area contributed by atoms with Crippen LogP contribution in [0, 0.1) is 0 Å². The summed E-state index contributed by atoms with van der Waals surface area (Å²) in [6.45, 7) is 7.19. The quantitative estimate of drug-likeness (QED) is 0.220. The zero-order valence-corrected chi connectivity index (χ0v) is 21.5. The molecule has 0 aromatic heterocycles. The SMILES string of the molecule is CCCCCCOc1c(Cl)cc(/C=C2\C(=O)NC(=O)N(c3ccc(OCC)cc3)C2=O)cc1OCC. The zero-order valence-electron chi connectivity index (χ0n) is 20.8. The fraction of sp³-hybridized carbons (Fsp3) is 0.370. The molecular weight excluding hydrogens is 484 g/mol. The van der Waals surface area contributed by atoms with E-state index in [2.05, 4.69) is 12.2 Å². The maximum absolute atomic E-state index is 13.2. The molecule has 8 nitrogen and oxygen atoms in total. The molecule has 36 heavy (non-hydrogen) atoms. The Labute approximate surface area is 216 Å². The van der Waals surface area contributed by atoms with Crippen LogP contribution in [0.15, 0.2) is 42.0 Å². The third-order valence-corrected chi connectivity index (χ3v) is 5.68. The summed E-state index contributed by atoms with van der Waals surface area (Å²) in [6.07, 6.45) is 5.59. The minimum Gasteiger partial charge on any atom is -0.494 e. The van der Waals surface area contributed by atoms with Crippen molar-refractivity contribution < 1.29 is 28.6 Å². The van der Waals surface area contributed by atoms with Crippen molar-refractivity contribution in [1.29, 1.82) is 0 Å². The Kier molecular flexibility index (Phi) is 9.76. The van der Waals surface area contributed by atoms with Crippen LogP contribution < -0.4 is 24.4 Å². The molecule has 192 valence electrons. The first-order valence-electron chi connectivity index (χ1n) is 12.1. The molecule has 3 rings (SSSR count). The first-order valence-corrected chi connectivity index (χ1v) is 12.5. The van der Waals surface area contributed by atoms with Gasteiger partial charge in [0.25, 0.3) is 11.8 Å². The van der Waals surface area contributed by atoms with Crippen molar-refractivity contribution in [3.05, 3.63) is 52.6 Å². The Hall–Kier alpha value is -3.52. The van der Waals surface area contributed by atoms with E-state index in [1.165, 1.54) is 6.08 Å². The summed E-state index contributed by atoms with van der Waals surface area (Å²) in [7, 11) is 0. The van der Waals surface area contributed by atoms with Gasteiger partial charge in [-0.25, -0.2) is 9.69 Å². The van der Waals surface area contributed by atoms with Crippen molar-refractivity contribution in [2.45, 2.75) is 46.5 Å². The van der Waals surface area contributed by atoms with Crippen LogP contribution in [0.4, 0.5) is 10.5 Å². The second-order valence-electron chi connectivity index (χ2n) is 8.06. The molecule has 1 fully saturated rings. The summed E-state index contributed by atoms with van der Waals surface area (Å²) in [5.74, 6) is -0.113. The standard InChI is InChI=1S/C27H31ClN2O6/c1-4-7-8-9-14-36-24-22(28)16-18(17-23(24)35-6-3)15-21-25(31)29-27(33)30(26(21)32)19-10-12-20(13-11-19)34-5-2/h10-13,15-17H,4-9,14H2,1-3H3,(H,29,31,33)/b21-15+. The number of hydrogen-bond donors (Lipinski definition) is 1. The van der Waals surface area contributed by atoms with E-state index in [1.807, 2.05) is 13.8 Å². The molecule has 1 saturated heterocycles.